The average Bonchev–Trinajstić information content (AvgIpc) is 3.37. The molecule has 0 rings (SSSR count). The zero-order valence-electron chi connectivity index (χ0n) is 47.5. The van der Waals surface area contributed by atoms with Crippen LogP contribution in [0.2, 0.25) is 0 Å². The number of rotatable bonds is 58. The third-order valence-electron chi connectivity index (χ3n) is 14.4. The number of aliphatic hydroxyl groups is 2. The molecule has 0 aliphatic carbocycles. The molecular weight excluding hydrogens is 875 g/mol. The van der Waals surface area contributed by atoms with E-state index >= 15 is 0 Å². The molecule has 6 heteroatoms. The molecule has 0 saturated heterocycles. The number of amides is 1. The Balaban J connectivity index is 3.46. The number of carbonyl (C=O) groups is 2. The van der Waals surface area contributed by atoms with Crippen LogP contribution in [0.25, 0.3) is 0 Å². The van der Waals surface area contributed by atoms with Crippen LogP contribution >= 0.6 is 0 Å². The summed E-state index contributed by atoms with van der Waals surface area (Å²) < 4.78 is 5.48. The summed E-state index contributed by atoms with van der Waals surface area (Å²) in [6, 6.07) is -0.550. The van der Waals surface area contributed by atoms with Crippen LogP contribution < -0.4 is 5.32 Å². The fourth-order valence-corrected chi connectivity index (χ4v) is 9.52. The van der Waals surface area contributed by atoms with Gasteiger partial charge in [-0.2, -0.15) is 0 Å². The van der Waals surface area contributed by atoms with Gasteiger partial charge in [0.25, 0.3) is 0 Å². The van der Waals surface area contributed by atoms with Crippen LogP contribution in [0.15, 0.2) is 48.6 Å². The van der Waals surface area contributed by atoms with Gasteiger partial charge in [-0.3, -0.25) is 9.59 Å². The summed E-state index contributed by atoms with van der Waals surface area (Å²) in [5, 5.41) is 23.3. The summed E-state index contributed by atoms with van der Waals surface area (Å²) in [6.45, 7) is 4.93. The third-order valence-corrected chi connectivity index (χ3v) is 14.4. The number of aliphatic hydroxyl groups excluding tert-OH is 2. The van der Waals surface area contributed by atoms with Gasteiger partial charge in [-0.1, -0.05) is 274 Å². The zero-order valence-corrected chi connectivity index (χ0v) is 47.5. The van der Waals surface area contributed by atoms with E-state index in [2.05, 4.69) is 67.8 Å². The maximum absolute atomic E-state index is 12.5. The highest BCUT2D eigenvalue weighted by atomic mass is 16.5. The predicted octanol–water partition coefficient (Wildman–Crippen LogP) is 19.7. The molecule has 2 atom stereocenters. The number of ether oxygens (including phenoxy) is 1. The fourth-order valence-electron chi connectivity index (χ4n) is 9.52. The monoisotopic (exact) mass is 996 g/mol. The lowest BCUT2D eigenvalue weighted by molar-refractivity contribution is -0.143. The highest BCUT2D eigenvalue weighted by molar-refractivity contribution is 5.76. The molecule has 0 aliphatic heterocycles. The average molecular weight is 997 g/mol. The lowest BCUT2D eigenvalue weighted by Crippen LogP contribution is -2.45. The molecule has 0 fully saturated rings. The van der Waals surface area contributed by atoms with Crippen molar-refractivity contribution < 1.29 is 24.5 Å². The Morgan fingerprint density at radius 3 is 1.08 bits per heavy atom. The first-order valence-corrected chi connectivity index (χ1v) is 31.4. The summed E-state index contributed by atoms with van der Waals surface area (Å²) in [6.07, 6.45) is 76.9. The van der Waals surface area contributed by atoms with E-state index in [1.54, 1.807) is 0 Å². The van der Waals surface area contributed by atoms with Gasteiger partial charge in [-0.15, -0.1) is 0 Å². The first-order valence-electron chi connectivity index (χ1n) is 31.4. The predicted molar refractivity (Wildman–Crippen MR) is 310 cm³/mol. The Morgan fingerprint density at radius 2 is 0.704 bits per heavy atom. The number of hydrogen-bond acceptors (Lipinski definition) is 5. The summed E-state index contributed by atoms with van der Waals surface area (Å²) in [5.41, 5.74) is 0. The molecule has 0 heterocycles. The molecule has 0 aromatic carbocycles. The number of hydrogen-bond donors (Lipinski definition) is 3. The second-order valence-electron chi connectivity index (χ2n) is 21.4. The summed E-state index contributed by atoms with van der Waals surface area (Å²) >= 11 is 0. The van der Waals surface area contributed by atoms with E-state index in [1.165, 1.54) is 225 Å². The van der Waals surface area contributed by atoms with Crippen molar-refractivity contribution in [3.05, 3.63) is 48.6 Å². The van der Waals surface area contributed by atoms with E-state index in [0.717, 1.165) is 70.6 Å². The minimum Gasteiger partial charge on any atom is -0.466 e. The van der Waals surface area contributed by atoms with Crippen LogP contribution in [0.5, 0.6) is 0 Å². The van der Waals surface area contributed by atoms with Gasteiger partial charge >= 0.3 is 5.97 Å². The Morgan fingerprint density at radius 1 is 0.394 bits per heavy atom. The van der Waals surface area contributed by atoms with Gasteiger partial charge in [0.15, 0.2) is 0 Å². The van der Waals surface area contributed by atoms with Crippen molar-refractivity contribution in [2.75, 3.05) is 13.2 Å². The highest BCUT2D eigenvalue weighted by Crippen LogP contribution is 2.17. The Labute approximate surface area is 442 Å². The van der Waals surface area contributed by atoms with Crippen molar-refractivity contribution in [2.24, 2.45) is 0 Å². The molecule has 1 amide bonds. The van der Waals surface area contributed by atoms with Crippen LogP contribution in [-0.2, 0) is 14.3 Å². The van der Waals surface area contributed by atoms with E-state index in [1.807, 2.05) is 0 Å². The molecular formula is C65H121NO5. The standard InChI is InChI=1S/C65H121NO5/c1-3-5-7-9-11-13-15-17-19-31-35-39-43-47-51-55-59-65(70)71-60-56-52-48-44-40-36-32-28-26-24-22-20-21-23-25-27-30-34-38-42-46-50-54-58-64(69)66-62(61-67)63(68)57-53-49-45-41-37-33-29-18-16-14-12-10-8-6-4-2/h13,15,19-20,22-23,25,31,62-63,67-68H,3-12,14,16-18,21,24,26-30,32-61H2,1-2H3,(H,66,69)/b15-13-,22-20-,25-23-,31-19-. The zero-order chi connectivity index (χ0) is 51.4. The van der Waals surface area contributed by atoms with Gasteiger partial charge in [0.2, 0.25) is 5.91 Å². The number of carbonyl (C=O) groups excluding carboxylic acids is 2. The van der Waals surface area contributed by atoms with Gasteiger partial charge in [-0.05, 0) is 89.9 Å². The minimum absolute atomic E-state index is 0.00660. The molecule has 3 N–H and O–H groups in total. The van der Waals surface area contributed by atoms with Gasteiger partial charge in [0.1, 0.15) is 0 Å². The van der Waals surface area contributed by atoms with Crippen LogP contribution in [0, 0.1) is 0 Å². The summed E-state index contributed by atoms with van der Waals surface area (Å²) in [5.74, 6) is -0.0514. The fraction of sp³-hybridized carbons (Fsp3) is 0.846. The van der Waals surface area contributed by atoms with E-state index in [-0.39, 0.29) is 18.5 Å². The van der Waals surface area contributed by atoms with E-state index in [9.17, 15) is 19.8 Å². The number of allylic oxidation sites excluding steroid dienone is 8. The van der Waals surface area contributed by atoms with Gasteiger partial charge < -0.3 is 20.3 Å². The quantitative estimate of drug-likeness (QED) is 0.0321. The molecule has 0 spiro atoms. The van der Waals surface area contributed by atoms with Crippen molar-refractivity contribution in [2.45, 2.75) is 341 Å². The first kappa shape index (κ1) is 68.8. The molecule has 0 aromatic heterocycles. The van der Waals surface area contributed by atoms with Crippen LogP contribution in [-0.4, -0.2) is 47.4 Å². The SMILES string of the molecule is CCCCCC/C=C\C/C=C\CCCCCCCC(=O)OCCCCCCCCCCC/C=C\C/C=C\CCCCCCCCCC(=O)NC(CO)C(O)CCCCCCCCCCCCCCCCC. The topological polar surface area (TPSA) is 95.9 Å². The Hall–Kier alpha value is -2.18. The minimum atomic E-state index is -0.672. The largest absolute Gasteiger partial charge is 0.466 e. The molecule has 2 unspecified atom stereocenters. The normalized spacial score (nSPS) is 12.9. The molecule has 6 nitrogen and oxygen atoms in total. The van der Waals surface area contributed by atoms with Crippen LogP contribution in [0.3, 0.4) is 0 Å². The Kier molecular flexibility index (Phi) is 58.5. The number of nitrogens with one attached hydrogen (secondary N) is 1. The number of esters is 1. The van der Waals surface area contributed by atoms with E-state index < -0.39 is 12.1 Å². The maximum atomic E-state index is 12.5. The van der Waals surface area contributed by atoms with Gasteiger partial charge in [-0.25, -0.2) is 0 Å². The molecule has 0 radical (unpaired) electrons. The highest BCUT2D eigenvalue weighted by Gasteiger charge is 2.20. The van der Waals surface area contributed by atoms with Gasteiger partial charge in [0.05, 0.1) is 25.4 Å². The lowest BCUT2D eigenvalue weighted by atomic mass is 10.0. The summed E-state index contributed by atoms with van der Waals surface area (Å²) in [7, 11) is 0. The molecule has 0 aromatic rings. The second-order valence-corrected chi connectivity index (χ2v) is 21.4. The van der Waals surface area contributed by atoms with Crippen molar-refractivity contribution in [3.63, 3.8) is 0 Å². The Bertz CT molecular complexity index is 1190. The van der Waals surface area contributed by atoms with Crippen molar-refractivity contribution in [1.29, 1.82) is 0 Å². The number of unbranched alkanes of at least 4 members (excludes halogenated alkanes) is 39. The lowest BCUT2D eigenvalue weighted by Gasteiger charge is -2.22. The molecule has 416 valence electrons. The maximum Gasteiger partial charge on any atom is 0.305 e. The molecule has 71 heavy (non-hydrogen) atoms. The molecule has 0 aliphatic rings. The summed E-state index contributed by atoms with van der Waals surface area (Å²) in [4.78, 5) is 24.5. The third kappa shape index (κ3) is 57.0. The van der Waals surface area contributed by atoms with Crippen molar-refractivity contribution >= 4 is 11.9 Å². The van der Waals surface area contributed by atoms with Crippen LogP contribution in [0.4, 0.5) is 0 Å². The smallest absolute Gasteiger partial charge is 0.305 e. The molecule has 0 saturated carbocycles. The van der Waals surface area contributed by atoms with Crippen molar-refractivity contribution in [1.82, 2.24) is 5.32 Å². The second kappa shape index (κ2) is 60.4. The molecule has 0 bridgehead atoms. The first-order chi connectivity index (χ1) is 35.0. The van der Waals surface area contributed by atoms with E-state index in [4.69, 9.17) is 4.74 Å². The van der Waals surface area contributed by atoms with Gasteiger partial charge in [0, 0.05) is 12.8 Å². The van der Waals surface area contributed by atoms with Crippen molar-refractivity contribution in [3.8, 4) is 0 Å². The van der Waals surface area contributed by atoms with E-state index in [0.29, 0.717) is 25.9 Å². The van der Waals surface area contributed by atoms with Crippen LogP contribution in [0.1, 0.15) is 328 Å².